The minimum absolute atomic E-state index is 0.404. The first-order valence-corrected chi connectivity index (χ1v) is 7.92. The third kappa shape index (κ3) is 3.58. The maximum Gasteiger partial charge on any atom is 0.0957 e. The zero-order valence-corrected chi connectivity index (χ0v) is 13.1. The monoisotopic (exact) mass is 290 g/mol. The van der Waals surface area contributed by atoms with Crippen LogP contribution in [0.2, 0.25) is 0 Å². The zero-order chi connectivity index (χ0) is 14.5. The normalized spacial score (nSPS) is 12.7. The van der Waals surface area contributed by atoms with Crippen molar-refractivity contribution in [1.29, 1.82) is 0 Å². The molecule has 0 aliphatic carbocycles. The molecule has 3 nitrogen and oxygen atoms in total. The van der Waals surface area contributed by atoms with Crippen molar-refractivity contribution in [1.82, 2.24) is 4.98 Å². The molecular weight excluding hydrogens is 268 g/mol. The molecule has 1 N–H and O–H groups in total. The minimum Gasteiger partial charge on any atom is -0.387 e. The van der Waals surface area contributed by atoms with Crippen LogP contribution < -0.4 is 4.90 Å². The Labute approximate surface area is 124 Å². The quantitative estimate of drug-likeness (QED) is 0.873. The fourth-order valence-corrected chi connectivity index (χ4v) is 2.82. The van der Waals surface area contributed by atoms with Crippen LogP contribution in [-0.2, 0) is 6.54 Å². The van der Waals surface area contributed by atoms with Gasteiger partial charge in [-0.2, -0.15) is 0 Å². The summed E-state index contributed by atoms with van der Waals surface area (Å²) in [5.41, 5.74) is 1.84. The summed E-state index contributed by atoms with van der Waals surface area (Å²) in [6.45, 7) is 7.22. The van der Waals surface area contributed by atoms with Gasteiger partial charge in [-0.15, -0.1) is 11.3 Å². The van der Waals surface area contributed by atoms with E-state index in [4.69, 9.17) is 0 Å². The molecule has 0 unspecified atom stereocenters. The van der Waals surface area contributed by atoms with Crippen LogP contribution in [0, 0.1) is 0 Å². The topological polar surface area (TPSA) is 36.4 Å². The van der Waals surface area contributed by atoms with E-state index in [1.165, 1.54) is 4.88 Å². The van der Waals surface area contributed by atoms with Crippen molar-refractivity contribution >= 4 is 17.0 Å². The number of pyridine rings is 1. The zero-order valence-electron chi connectivity index (χ0n) is 12.3. The molecule has 0 aromatic carbocycles. The molecule has 108 valence electrons. The standard InChI is InChI=1S/C16H22N2OS/c1-4-16(19)15-8-7-13(10-17-15)18(12(2)3)11-14-6-5-9-20-14/h5-10,12,16,19H,4,11H2,1-3H3/t16-/m0/s1. The highest BCUT2D eigenvalue weighted by atomic mass is 32.1. The van der Waals surface area contributed by atoms with Crippen molar-refractivity contribution in [2.24, 2.45) is 0 Å². The molecule has 0 radical (unpaired) electrons. The number of aromatic nitrogens is 1. The molecule has 0 fully saturated rings. The number of thiophene rings is 1. The Morgan fingerprint density at radius 3 is 2.60 bits per heavy atom. The summed E-state index contributed by atoms with van der Waals surface area (Å²) in [5.74, 6) is 0. The highest BCUT2D eigenvalue weighted by Crippen LogP contribution is 2.23. The maximum absolute atomic E-state index is 9.80. The molecule has 2 heterocycles. The van der Waals surface area contributed by atoms with Gasteiger partial charge in [0.1, 0.15) is 0 Å². The highest BCUT2D eigenvalue weighted by Gasteiger charge is 2.13. The van der Waals surface area contributed by atoms with Crippen LogP contribution in [0.4, 0.5) is 5.69 Å². The molecule has 0 spiro atoms. The van der Waals surface area contributed by atoms with Gasteiger partial charge in [-0.1, -0.05) is 13.0 Å². The lowest BCUT2D eigenvalue weighted by molar-refractivity contribution is 0.169. The lowest BCUT2D eigenvalue weighted by Crippen LogP contribution is -2.29. The Balaban J connectivity index is 2.17. The van der Waals surface area contributed by atoms with Crippen molar-refractivity contribution in [3.05, 3.63) is 46.4 Å². The Hall–Kier alpha value is -1.39. The van der Waals surface area contributed by atoms with E-state index in [0.717, 1.165) is 17.9 Å². The van der Waals surface area contributed by atoms with Crippen LogP contribution in [-0.4, -0.2) is 16.1 Å². The van der Waals surface area contributed by atoms with Gasteiger partial charge in [0.15, 0.2) is 0 Å². The molecule has 4 heteroatoms. The summed E-state index contributed by atoms with van der Waals surface area (Å²) in [5, 5.41) is 11.9. The molecule has 0 bridgehead atoms. The predicted molar refractivity (Wildman–Crippen MR) is 85.1 cm³/mol. The second kappa shape index (κ2) is 6.86. The fraction of sp³-hybridized carbons (Fsp3) is 0.438. The van der Waals surface area contributed by atoms with Gasteiger partial charge in [-0.25, -0.2) is 0 Å². The van der Waals surface area contributed by atoms with E-state index in [1.807, 2.05) is 19.2 Å². The number of aliphatic hydroxyl groups is 1. The van der Waals surface area contributed by atoms with E-state index in [0.29, 0.717) is 12.5 Å². The van der Waals surface area contributed by atoms with Crippen LogP contribution in [0.3, 0.4) is 0 Å². The van der Waals surface area contributed by atoms with Crippen LogP contribution in [0.5, 0.6) is 0 Å². The number of nitrogens with zero attached hydrogens (tertiary/aromatic N) is 2. The van der Waals surface area contributed by atoms with Gasteiger partial charge in [-0.3, -0.25) is 4.98 Å². The summed E-state index contributed by atoms with van der Waals surface area (Å²) in [6.07, 6.45) is 2.09. The molecule has 0 amide bonds. The Kier molecular flexibility index (Phi) is 5.15. The number of rotatable bonds is 6. The first kappa shape index (κ1) is 15.0. The molecule has 20 heavy (non-hydrogen) atoms. The lowest BCUT2D eigenvalue weighted by Gasteiger charge is -2.28. The van der Waals surface area contributed by atoms with E-state index in [9.17, 15) is 5.11 Å². The van der Waals surface area contributed by atoms with Gasteiger partial charge < -0.3 is 10.0 Å². The molecule has 0 aliphatic rings. The maximum atomic E-state index is 9.80. The SMILES string of the molecule is CC[C@H](O)c1ccc(N(Cc2cccs2)C(C)C)cn1. The largest absolute Gasteiger partial charge is 0.387 e. The predicted octanol–water partition coefficient (Wildman–Crippen LogP) is 4.00. The number of hydrogen-bond donors (Lipinski definition) is 1. The third-order valence-electron chi connectivity index (χ3n) is 3.36. The van der Waals surface area contributed by atoms with Gasteiger partial charge in [0.2, 0.25) is 0 Å². The summed E-state index contributed by atoms with van der Waals surface area (Å²) in [4.78, 5) is 8.06. The number of aliphatic hydroxyl groups excluding tert-OH is 1. The molecule has 2 rings (SSSR count). The van der Waals surface area contributed by atoms with E-state index >= 15 is 0 Å². The Bertz CT molecular complexity index is 508. The highest BCUT2D eigenvalue weighted by molar-refractivity contribution is 7.09. The Morgan fingerprint density at radius 1 is 1.30 bits per heavy atom. The van der Waals surface area contributed by atoms with E-state index < -0.39 is 6.10 Å². The second-order valence-corrected chi connectivity index (χ2v) is 6.20. The van der Waals surface area contributed by atoms with Crippen molar-refractivity contribution in [2.45, 2.75) is 45.9 Å². The summed E-state index contributed by atoms with van der Waals surface area (Å²) >= 11 is 1.77. The third-order valence-corrected chi connectivity index (χ3v) is 4.22. The second-order valence-electron chi connectivity index (χ2n) is 5.17. The first-order valence-electron chi connectivity index (χ1n) is 7.04. The first-order chi connectivity index (χ1) is 9.61. The number of anilines is 1. The van der Waals surface area contributed by atoms with E-state index in [1.54, 1.807) is 11.3 Å². The molecular formula is C16H22N2OS. The minimum atomic E-state index is -0.464. The Morgan fingerprint density at radius 2 is 2.10 bits per heavy atom. The summed E-state index contributed by atoms with van der Waals surface area (Å²) in [7, 11) is 0. The van der Waals surface area contributed by atoms with Gasteiger partial charge in [0.05, 0.1) is 30.2 Å². The molecule has 2 aromatic heterocycles. The molecule has 0 aliphatic heterocycles. The average Bonchev–Trinajstić information content (AvgIpc) is 2.97. The molecule has 0 saturated heterocycles. The fourth-order valence-electron chi connectivity index (χ4n) is 2.12. The van der Waals surface area contributed by atoms with Gasteiger partial charge in [0, 0.05) is 10.9 Å². The van der Waals surface area contributed by atoms with Crippen molar-refractivity contribution in [3.63, 3.8) is 0 Å². The van der Waals surface area contributed by atoms with Crippen LogP contribution >= 0.6 is 11.3 Å². The van der Waals surface area contributed by atoms with Crippen LogP contribution in [0.25, 0.3) is 0 Å². The van der Waals surface area contributed by atoms with E-state index in [-0.39, 0.29) is 0 Å². The average molecular weight is 290 g/mol. The molecule has 1 atom stereocenters. The smallest absolute Gasteiger partial charge is 0.0957 e. The summed E-state index contributed by atoms with van der Waals surface area (Å²) in [6, 6.07) is 8.61. The lowest BCUT2D eigenvalue weighted by atomic mass is 10.1. The van der Waals surface area contributed by atoms with Crippen molar-refractivity contribution in [3.8, 4) is 0 Å². The number of hydrogen-bond acceptors (Lipinski definition) is 4. The van der Waals surface area contributed by atoms with Gasteiger partial charge in [-0.05, 0) is 43.8 Å². The molecule has 2 aromatic rings. The van der Waals surface area contributed by atoms with Crippen LogP contribution in [0.1, 0.15) is 43.9 Å². The van der Waals surface area contributed by atoms with Crippen LogP contribution in [0.15, 0.2) is 35.8 Å². The van der Waals surface area contributed by atoms with Crippen molar-refractivity contribution in [2.75, 3.05) is 4.90 Å². The van der Waals surface area contributed by atoms with Crippen molar-refractivity contribution < 1.29 is 5.11 Å². The van der Waals surface area contributed by atoms with Gasteiger partial charge >= 0.3 is 0 Å². The van der Waals surface area contributed by atoms with E-state index in [2.05, 4.69) is 47.3 Å². The van der Waals surface area contributed by atoms with Gasteiger partial charge in [0.25, 0.3) is 0 Å². The summed E-state index contributed by atoms with van der Waals surface area (Å²) < 4.78 is 0. The molecule has 0 saturated carbocycles.